The molecule has 1 aromatic carbocycles. The van der Waals surface area contributed by atoms with Gasteiger partial charge in [-0.25, -0.2) is 4.79 Å². The van der Waals surface area contributed by atoms with Gasteiger partial charge < -0.3 is 5.32 Å². The summed E-state index contributed by atoms with van der Waals surface area (Å²) in [6.45, 7) is 9.05. The summed E-state index contributed by atoms with van der Waals surface area (Å²) in [5, 5.41) is 7.60. The summed E-state index contributed by atoms with van der Waals surface area (Å²) in [6.07, 6.45) is 0.794. The number of aromatic nitrogens is 2. The number of nitrogens with zero attached hydrogens (tertiary/aromatic N) is 3. The highest BCUT2D eigenvalue weighted by Crippen LogP contribution is 2.35. The summed E-state index contributed by atoms with van der Waals surface area (Å²) >= 11 is 0. The number of fused-ring (bicyclic) bond motifs is 1. The summed E-state index contributed by atoms with van der Waals surface area (Å²) in [6, 6.07) is 8.20. The van der Waals surface area contributed by atoms with Crippen molar-refractivity contribution in [2.75, 3.05) is 11.4 Å². The number of hydrogen-bond acceptors (Lipinski definition) is 2. The average Bonchev–Trinajstić information content (AvgIpc) is 3.00. The first-order valence-electron chi connectivity index (χ1n) is 8.54. The van der Waals surface area contributed by atoms with Crippen LogP contribution in [0.25, 0.3) is 0 Å². The van der Waals surface area contributed by atoms with Crippen LogP contribution in [0.5, 0.6) is 0 Å². The van der Waals surface area contributed by atoms with E-state index in [2.05, 4.69) is 37.3 Å². The fourth-order valence-electron chi connectivity index (χ4n) is 3.57. The van der Waals surface area contributed by atoms with Crippen molar-refractivity contribution in [3.05, 3.63) is 46.8 Å². The minimum Gasteiger partial charge on any atom is -0.335 e. The zero-order chi connectivity index (χ0) is 17.4. The topological polar surface area (TPSA) is 50.2 Å². The second-order valence-electron chi connectivity index (χ2n) is 6.90. The van der Waals surface area contributed by atoms with E-state index < -0.39 is 0 Å². The molecule has 3 rings (SSSR count). The Hall–Kier alpha value is -2.30. The molecule has 1 aromatic heterocycles. The molecule has 2 amide bonds. The molecule has 0 spiro atoms. The molecule has 1 aliphatic heterocycles. The van der Waals surface area contributed by atoms with Crippen LogP contribution in [-0.2, 0) is 13.5 Å². The van der Waals surface area contributed by atoms with Gasteiger partial charge in [-0.15, -0.1) is 0 Å². The highest BCUT2D eigenvalue weighted by Gasteiger charge is 2.30. The van der Waals surface area contributed by atoms with Crippen LogP contribution in [0.2, 0.25) is 0 Å². The Kier molecular flexibility index (Phi) is 4.35. The predicted molar refractivity (Wildman–Crippen MR) is 96.6 cm³/mol. The van der Waals surface area contributed by atoms with E-state index in [-0.39, 0.29) is 12.1 Å². The lowest BCUT2D eigenvalue weighted by Gasteiger charge is -2.22. The highest BCUT2D eigenvalue weighted by molar-refractivity contribution is 5.94. The number of benzene rings is 1. The quantitative estimate of drug-likeness (QED) is 0.941. The average molecular weight is 326 g/mol. The van der Waals surface area contributed by atoms with Crippen molar-refractivity contribution in [1.29, 1.82) is 0 Å². The van der Waals surface area contributed by atoms with Gasteiger partial charge in [0.25, 0.3) is 0 Å². The lowest BCUT2D eigenvalue weighted by molar-refractivity contribution is 0.243. The molecule has 24 heavy (non-hydrogen) atoms. The van der Waals surface area contributed by atoms with Gasteiger partial charge in [0.1, 0.15) is 0 Å². The number of nitrogens with one attached hydrogen (secondary N) is 1. The van der Waals surface area contributed by atoms with Crippen molar-refractivity contribution in [3.8, 4) is 0 Å². The van der Waals surface area contributed by atoms with Crippen molar-refractivity contribution >= 4 is 11.7 Å². The number of para-hydroxylation sites is 1. The van der Waals surface area contributed by atoms with Crippen molar-refractivity contribution < 1.29 is 4.79 Å². The Bertz CT molecular complexity index is 765. The van der Waals surface area contributed by atoms with Crippen LogP contribution in [0, 0.1) is 13.8 Å². The van der Waals surface area contributed by atoms with Gasteiger partial charge in [0.2, 0.25) is 0 Å². The summed E-state index contributed by atoms with van der Waals surface area (Å²) < 4.78 is 1.90. The van der Waals surface area contributed by atoms with Gasteiger partial charge in [0.05, 0.1) is 5.69 Å². The Balaban J connectivity index is 1.69. The number of rotatable bonds is 3. The van der Waals surface area contributed by atoms with Crippen LogP contribution < -0.4 is 10.2 Å². The van der Waals surface area contributed by atoms with Crippen LogP contribution in [-0.4, -0.2) is 28.4 Å². The fourth-order valence-corrected chi connectivity index (χ4v) is 3.57. The van der Waals surface area contributed by atoms with E-state index in [4.69, 9.17) is 0 Å². The zero-order valence-corrected chi connectivity index (χ0v) is 15.1. The van der Waals surface area contributed by atoms with Crippen LogP contribution in [0.3, 0.4) is 0 Å². The van der Waals surface area contributed by atoms with Crippen molar-refractivity contribution in [2.45, 2.75) is 46.1 Å². The van der Waals surface area contributed by atoms with E-state index in [1.807, 2.05) is 41.8 Å². The molecule has 2 heterocycles. The normalized spacial score (nSPS) is 17.7. The Labute approximate surface area is 143 Å². The van der Waals surface area contributed by atoms with E-state index in [9.17, 15) is 4.79 Å². The number of amides is 2. The molecule has 1 aliphatic rings. The largest absolute Gasteiger partial charge is 0.335 e. The number of carbonyl (C=O) groups excluding carboxylic acids is 1. The second kappa shape index (κ2) is 6.30. The van der Waals surface area contributed by atoms with E-state index in [1.165, 1.54) is 11.1 Å². The summed E-state index contributed by atoms with van der Waals surface area (Å²) in [5.41, 5.74) is 5.70. The first kappa shape index (κ1) is 16.6. The van der Waals surface area contributed by atoms with Gasteiger partial charge in [-0.3, -0.25) is 9.58 Å². The predicted octanol–water partition coefficient (Wildman–Crippen LogP) is 3.30. The molecule has 0 saturated heterocycles. The maximum absolute atomic E-state index is 12.7. The van der Waals surface area contributed by atoms with Crippen LogP contribution in [0.1, 0.15) is 42.3 Å². The smallest absolute Gasteiger partial charge is 0.322 e. The molecular weight excluding hydrogens is 300 g/mol. The summed E-state index contributed by atoms with van der Waals surface area (Å²) in [5.74, 6) is 0.380. The van der Waals surface area contributed by atoms with Crippen molar-refractivity contribution in [1.82, 2.24) is 15.1 Å². The molecule has 128 valence electrons. The molecule has 5 heteroatoms. The van der Waals surface area contributed by atoms with Crippen molar-refractivity contribution in [3.63, 3.8) is 0 Å². The van der Waals surface area contributed by atoms with Crippen LogP contribution in [0.4, 0.5) is 10.5 Å². The number of urea groups is 1. The molecule has 1 N–H and O–H groups in total. The maximum Gasteiger partial charge on any atom is 0.322 e. The molecule has 0 radical (unpaired) electrons. The third-order valence-electron chi connectivity index (χ3n) is 5.00. The van der Waals surface area contributed by atoms with Crippen LogP contribution in [0.15, 0.2) is 24.3 Å². The molecule has 2 unspecified atom stereocenters. The van der Waals surface area contributed by atoms with E-state index in [0.29, 0.717) is 5.92 Å². The van der Waals surface area contributed by atoms with Gasteiger partial charge in [-0.05, 0) is 44.4 Å². The van der Waals surface area contributed by atoms with E-state index in [1.54, 1.807) is 0 Å². The molecular formula is C19H26N4O. The monoisotopic (exact) mass is 326 g/mol. The van der Waals surface area contributed by atoms with E-state index in [0.717, 1.165) is 30.0 Å². The molecule has 0 fully saturated rings. The number of hydrogen-bond donors (Lipinski definition) is 1. The van der Waals surface area contributed by atoms with Gasteiger partial charge >= 0.3 is 6.03 Å². The lowest BCUT2D eigenvalue weighted by atomic mass is 10.0. The standard InChI is InChI=1S/C19H26N4O/c1-12-11-23(18-9-7-6-8-16(12)18)19(24)20-13(2)10-17-14(3)21-22(5)15(17)4/h6-9,12-13H,10-11H2,1-5H3,(H,20,24). The van der Waals surface area contributed by atoms with Gasteiger partial charge in [-0.1, -0.05) is 25.1 Å². The fraction of sp³-hybridized carbons (Fsp3) is 0.474. The van der Waals surface area contributed by atoms with Gasteiger partial charge in [0, 0.05) is 36.9 Å². The molecule has 2 atom stereocenters. The zero-order valence-electron chi connectivity index (χ0n) is 15.1. The third kappa shape index (κ3) is 2.90. The van der Waals surface area contributed by atoms with Crippen LogP contribution >= 0.6 is 0 Å². The van der Waals surface area contributed by atoms with Gasteiger partial charge in [0.15, 0.2) is 0 Å². The van der Waals surface area contributed by atoms with E-state index >= 15 is 0 Å². The lowest BCUT2D eigenvalue weighted by Crippen LogP contribution is -2.44. The Morgan fingerprint density at radius 2 is 2.08 bits per heavy atom. The Morgan fingerprint density at radius 1 is 1.38 bits per heavy atom. The first-order chi connectivity index (χ1) is 11.4. The minimum absolute atomic E-state index is 0.0153. The SMILES string of the molecule is Cc1nn(C)c(C)c1CC(C)NC(=O)N1CC(C)c2ccccc21. The summed E-state index contributed by atoms with van der Waals surface area (Å²) in [7, 11) is 1.96. The molecule has 2 aromatic rings. The number of aryl methyl sites for hydroxylation is 2. The molecule has 5 nitrogen and oxygen atoms in total. The third-order valence-corrected chi connectivity index (χ3v) is 5.00. The molecule has 0 aliphatic carbocycles. The number of anilines is 1. The van der Waals surface area contributed by atoms with Crippen molar-refractivity contribution in [2.24, 2.45) is 7.05 Å². The molecule has 0 saturated carbocycles. The minimum atomic E-state index is -0.0153. The van der Waals surface area contributed by atoms with Gasteiger partial charge in [-0.2, -0.15) is 5.10 Å². The highest BCUT2D eigenvalue weighted by atomic mass is 16.2. The first-order valence-corrected chi connectivity index (χ1v) is 8.54. The second-order valence-corrected chi connectivity index (χ2v) is 6.90. The maximum atomic E-state index is 12.7. The summed E-state index contributed by atoms with van der Waals surface area (Å²) in [4.78, 5) is 14.6. The number of carbonyl (C=O) groups is 1. The Morgan fingerprint density at radius 3 is 2.75 bits per heavy atom. The molecule has 0 bridgehead atoms.